The van der Waals surface area contributed by atoms with E-state index < -0.39 is 0 Å². The van der Waals surface area contributed by atoms with Gasteiger partial charge in [-0.15, -0.1) is 0 Å². The summed E-state index contributed by atoms with van der Waals surface area (Å²) in [7, 11) is 7.89. The Hall–Kier alpha value is -4.46. The molecule has 0 unspecified atom stereocenters. The average Bonchev–Trinajstić information content (AvgIpc) is 2.93. The van der Waals surface area contributed by atoms with Crippen LogP contribution < -0.4 is 29.2 Å². The maximum Gasteiger partial charge on any atom is 0.267 e. The van der Waals surface area contributed by atoms with Gasteiger partial charge in [0.15, 0.2) is 11.5 Å². The quantitative estimate of drug-likeness (QED) is 0.339. The highest BCUT2D eigenvalue weighted by Gasteiger charge is 2.17. The Morgan fingerprint density at radius 3 is 1.67 bits per heavy atom. The van der Waals surface area contributed by atoms with Gasteiger partial charge in [-0.3, -0.25) is 4.79 Å². The first-order chi connectivity index (χ1) is 17.5. The van der Waals surface area contributed by atoms with Gasteiger partial charge in [0.2, 0.25) is 5.75 Å². The van der Waals surface area contributed by atoms with Crippen LogP contribution in [0.2, 0.25) is 0 Å². The molecule has 0 bridgehead atoms. The lowest BCUT2D eigenvalue weighted by Gasteiger charge is -2.16. The summed E-state index contributed by atoms with van der Waals surface area (Å²) in [5, 5.41) is 4.79. The molecule has 1 heterocycles. The van der Waals surface area contributed by atoms with Crippen molar-refractivity contribution in [3.05, 3.63) is 82.6 Å². The molecule has 0 spiro atoms. The van der Waals surface area contributed by atoms with Crippen LogP contribution in [0.5, 0.6) is 28.7 Å². The van der Waals surface area contributed by atoms with E-state index in [4.69, 9.17) is 28.8 Å². The van der Waals surface area contributed by atoms with E-state index in [-0.39, 0.29) is 12.1 Å². The van der Waals surface area contributed by atoms with Crippen LogP contribution in [0.25, 0.3) is 22.4 Å². The first-order valence-electron chi connectivity index (χ1n) is 11.2. The van der Waals surface area contributed by atoms with Crippen molar-refractivity contribution in [2.45, 2.75) is 6.54 Å². The molecule has 186 valence electrons. The molecule has 3 aromatic carbocycles. The summed E-state index contributed by atoms with van der Waals surface area (Å²) < 4.78 is 28.4. The minimum Gasteiger partial charge on any atom is -0.497 e. The maximum absolute atomic E-state index is 13.2. The zero-order valence-corrected chi connectivity index (χ0v) is 20.9. The number of nitrogens with zero attached hydrogens (tertiary/aromatic N) is 2. The second-order valence-corrected chi connectivity index (χ2v) is 7.89. The zero-order valence-electron chi connectivity index (χ0n) is 20.9. The molecule has 0 N–H and O–H groups in total. The van der Waals surface area contributed by atoms with Crippen molar-refractivity contribution >= 4 is 0 Å². The fourth-order valence-corrected chi connectivity index (χ4v) is 3.96. The maximum atomic E-state index is 13.2. The Morgan fingerprint density at radius 2 is 1.19 bits per heavy atom. The van der Waals surface area contributed by atoms with E-state index in [9.17, 15) is 4.79 Å². The third kappa shape index (κ3) is 4.98. The smallest absolute Gasteiger partial charge is 0.267 e. The summed E-state index contributed by atoms with van der Waals surface area (Å²) in [5.74, 6) is 2.96. The SMILES string of the molecule is COc1ccc(-c2cc(=O)n(Cc3cc(OC)c(OC)c(OC)c3)nc2-c2ccc(OC)cc2)cc1. The lowest BCUT2D eigenvalue weighted by molar-refractivity contribution is 0.323. The van der Waals surface area contributed by atoms with Crippen LogP contribution in [0, 0.1) is 0 Å². The standard InChI is InChI=1S/C28H28N2O6/c1-32-21-10-6-19(7-11-21)23-16-26(31)30(29-27(23)20-8-12-22(33-2)13-9-20)17-18-14-24(34-3)28(36-5)25(15-18)35-4/h6-16H,17H2,1-5H3. The van der Waals surface area contributed by atoms with Gasteiger partial charge in [-0.2, -0.15) is 5.10 Å². The van der Waals surface area contributed by atoms with Crippen LogP contribution in [-0.4, -0.2) is 45.3 Å². The molecule has 0 aliphatic carbocycles. The molecule has 0 saturated heterocycles. The monoisotopic (exact) mass is 488 g/mol. The average molecular weight is 489 g/mol. The van der Waals surface area contributed by atoms with Gasteiger partial charge in [-0.1, -0.05) is 12.1 Å². The van der Waals surface area contributed by atoms with Gasteiger partial charge in [-0.25, -0.2) is 4.68 Å². The van der Waals surface area contributed by atoms with Crippen molar-refractivity contribution in [1.29, 1.82) is 0 Å². The molecule has 0 radical (unpaired) electrons. The molecule has 0 aliphatic heterocycles. The number of hydrogen-bond donors (Lipinski definition) is 0. The minimum absolute atomic E-state index is 0.210. The molecule has 0 fully saturated rings. The number of aromatic nitrogens is 2. The Bertz CT molecular complexity index is 1370. The first kappa shape index (κ1) is 24.7. The van der Waals surface area contributed by atoms with Crippen molar-refractivity contribution in [3.63, 3.8) is 0 Å². The van der Waals surface area contributed by atoms with Gasteiger partial charge in [0, 0.05) is 17.2 Å². The second-order valence-electron chi connectivity index (χ2n) is 7.89. The van der Waals surface area contributed by atoms with Crippen LogP contribution in [0.3, 0.4) is 0 Å². The van der Waals surface area contributed by atoms with E-state index in [1.807, 2.05) is 48.5 Å². The topological polar surface area (TPSA) is 81.0 Å². The number of benzene rings is 3. The summed E-state index contributed by atoms with van der Waals surface area (Å²) in [6.07, 6.45) is 0. The number of methoxy groups -OCH3 is 5. The highest BCUT2D eigenvalue weighted by molar-refractivity contribution is 5.80. The van der Waals surface area contributed by atoms with E-state index in [1.54, 1.807) is 53.7 Å². The highest BCUT2D eigenvalue weighted by Crippen LogP contribution is 2.38. The molecule has 0 atom stereocenters. The highest BCUT2D eigenvalue weighted by atomic mass is 16.5. The van der Waals surface area contributed by atoms with Gasteiger partial charge in [-0.05, 0) is 59.7 Å². The first-order valence-corrected chi connectivity index (χ1v) is 11.2. The van der Waals surface area contributed by atoms with Crippen molar-refractivity contribution in [3.8, 4) is 51.1 Å². The van der Waals surface area contributed by atoms with Gasteiger partial charge in [0.05, 0.1) is 47.8 Å². The van der Waals surface area contributed by atoms with Crippen molar-refractivity contribution in [2.24, 2.45) is 0 Å². The third-order valence-corrected chi connectivity index (χ3v) is 5.82. The molecule has 4 rings (SSSR count). The molecule has 1 aromatic heterocycles. The molecule has 4 aromatic rings. The molecule has 8 heteroatoms. The van der Waals surface area contributed by atoms with Gasteiger partial charge >= 0.3 is 0 Å². The third-order valence-electron chi connectivity index (χ3n) is 5.82. The molecule has 0 amide bonds. The van der Waals surface area contributed by atoms with Crippen LogP contribution in [-0.2, 0) is 6.54 Å². The predicted molar refractivity (Wildman–Crippen MR) is 138 cm³/mol. The normalized spacial score (nSPS) is 10.6. The summed E-state index contributed by atoms with van der Waals surface area (Å²) in [6, 6.07) is 20.3. The van der Waals surface area contributed by atoms with E-state index in [0.29, 0.717) is 28.5 Å². The Labute approximate surface area is 209 Å². The lowest BCUT2D eigenvalue weighted by atomic mass is 10.00. The fourth-order valence-electron chi connectivity index (χ4n) is 3.96. The predicted octanol–water partition coefficient (Wildman–Crippen LogP) is 4.67. The molecule has 0 aliphatic rings. The molecular formula is C28H28N2O6. The van der Waals surface area contributed by atoms with E-state index in [2.05, 4.69) is 0 Å². The molecular weight excluding hydrogens is 460 g/mol. The Balaban J connectivity index is 1.84. The van der Waals surface area contributed by atoms with E-state index in [0.717, 1.165) is 28.2 Å². The van der Waals surface area contributed by atoms with Crippen LogP contribution in [0.4, 0.5) is 0 Å². The summed E-state index contributed by atoms with van der Waals surface area (Å²) >= 11 is 0. The van der Waals surface area contributed by atoms with Crippen LogP contribution in [0.1, 0.15) is 5.56 Å². The lowest BCUT2D eigenvalue weighted by Crippen LogP contribution is -2.24. The Morgan fingerprint density at radius 1 is 0.667 bits per heavy atom. The van der Waals surface area contributed by atoms with Crippen molar-refractivity contribution < 1.29 is 23.7 Å². The van der Waals surface area contributed by atoms with Gasteiger partial charge < -0.3 is 23.7 Å². The van der Waals surface area contributed by atoms with Gasteiger partial charge in [0.25, 0.3) is 5.56 Å². The van der Waals surface area contributed by atoms with E-state index in [1.165, 1.54) is 4.68 Å². The van der Waals surface area contributed by atoms with Crippen LogP contribution >= 0.6 is 0 Å². The summed E-state index contributed by atoms with van der Waals surface area (Å²) in [6.45, 7) is 0.210. The Kier molecular flexibility index (Phi) is 7.44. The minimum atomic E-state index is -0.244. The second kappa shape index (κ2) is 10.9. The summed E-state index contributed by atoms with van der Waals surface area (Å²) in [5.41, 5.74) is 3.61. The largest absolute Gasteiger partial charge is 0.497 e. The number of rotatable bonds is 9. The van der Waals surface area contributed by atoms with Gasteiger partial charge in [0.1, 0.15) is 11.5 Å². The van der Waals surface area contributed by atoms with Crippen molar-refractivity contribution in [2.75, 3.05) is 35.5 Å². The van der Waals surface area contributed by atoms with Crippen molar-refractivity contribution in [1.82, 2.24) is 9.78 Å². The molecule has 8 nitrogen and oxygen atoms in total. The zero-order chi connectivity index (χ0) is 25.7. The van der Waals surface area contributed by atoms with Crippen LogP contribution in [0.15, 0.2) is 71.5 Å². The summed E-state index contributed by atoms with van der Waals surface area (Å²) in [4.78, 5) is 13.2. The number of hydrogen-bond acceptors (Lipinski definition) is 7. The van der Waals surface area contributed by atoms with E-state index >= 15 is 0 Å². The number of ether oxygens (including phenoxy) is 5. The fraction of sp³-hybridized carbons (Fsp3) is 0.214. The molecule has 36 heavy (non-hydrogen) atoms. The molecule has 0 saturated carbocycles.